The smallest absolute Gasteiger partial charge is 1.00 e. The number of hydrogen-bond donors (Lipinski definition) is 0. The standard InChI is InChI=1S/C24H25N3.2ClH.Co/c1-16-12-21(14-25-23-17(2)8-6-9-18(23)3)27-22(13-16)15-26-24-19(4)10-7-11-20(24)5;;;/h6-15H,1-5H3;2*1H;/q;;;+2/p-2. The van der Waals surface area contributed by atoms with Crippen molar-refractivity contribution in [1.29, 1.82) is 0 Å². The molecule has 0 N–H and O–H groups in total. The molecule has 30 heavy (non-hydrogen) atoms. The molecule has 0 aliphatic heterocycles. The van der Waals surface area contributed by atoms with E-state index in [0.29, 0.717) is 0 Å². The van der Waals surface area contributed by atoms with Crippen LogP contribution >= 0.6 is 0 Å². The molecule has 0 saturated carbocycles. The molecule has 1 heterocycles. The molecule has 0 unspecified atom stereocenters. The van der Waals surface area contributed by atoms with Crippen molar-refractivity contribution in [3.8, 4) is 0 Å². The van der Waals surface area contributed by atoms with Crippen molar-refractivity contribution in [1.82, 2.24) is 4.98 Å². The van der Waals surface area contributed by atoms with Crippen molar-refractivity contribution < 1.29 is 41.6 Å². The second-order valence-corrected chi connectivity index (χ2v) is 6.99. The van der Waals surface area contributed by atoms with E-state index in [4.69, 9.17) is 0 Å². The van der Waals surface area contributed by atoms with Crippen LogP contribution in [0, 0.1) is 34.6 Å². The molecule has 0 spiro atoms. The molecule has 0 aliphatic carbocycles. The zero-order chi connectivity index (χ0) is 19.4. The summed E-state index contributed by atoms with van der Waals surface area (Å²) < 4.78 is 0. The predicted octanol–water partition coefficient (Wildman–Crippen LogP) is 0.130. The van der Waals surface area contributed by atoms with E-state index in [1.165, 1.54) is 0 Å². The Labute approximate surface area is 202 Å². The Hall–Kier alpha value is -1.98. The minimum atomic E-state index is 0. The summed E-state index contributed by atoms with van der Waals surface area (Å²) in [6, 6.07) is 16.5. The zero-order valence-electron chi connectivity index (χ0n) is 17.7. The Kier molecular flexibility index (Phi) is 11.8. The van der Waals surface area contributed by atoms with E-state index in [1.807, 2.05) is 24.6 Å². The molecule has 3 aromatic rings. The molecule has 1 radical (unpaired) electrons. The molecule has 6 heteroatoms. The van der Waals surface area contributed by atoms with Gasteiger partial charge >= 0.3 is 16.8 Å². The molecule has 0 bridgehead atoms. The first-order chi connectivity index (χ1) is 12.9. The van der Waals surface area contributed by atoms with Crippen molar-refractivity contribution in [2.75, 3.05) is 0 Å². The molecule has 0 atom stereocenters. The Balaban J connectivity index is 0.00000280. The third-order valence-corrected chi connectivity index (χ3v) is 4.54. The van der Waals surface area contributed by atoms with Gasteiger partial charge in [0.15, 0.2) is 0 Å². The molecule has 3 rings (SSSR count). The van der Waals surface area contributed by atoms with Gasteiger partial charge in [0.25, 0.3) is 0 Å². The zero-order valence-corrected chi connectivity index (χ0v) is 20.3. The van der Waals surface area contributed by atoms with Gasteiger partial charge in [-0.15, -0.1) is 0 Å². The maximum Gasteiger partial charge on any atom is 2.00 e. The van der Waals surface area contributed by atoms with Gasteiger partial charge in [0.2, 0.25) is 0 Å². The summed E-state index contributed by atoms with van der Waals surface area (Å²) in [5, 5.41) is 0. The van der Waals surface area contributed by atoms with Crippen LogP contribution in [0.4, 0.5) is 11.4 Å². The van der Waals surface area contributed by atoms with Crippen LogP contribution in [-0.2, 0) is 16.8 Å². The molecular formula is C24H25Cl2CoN3. The SMILES string of the molecule is Cc1cc(C=Nc2c(C)cccc2C)nc(C=Nc2c(C)cccc2C)c1.[Cl-].[Cl-].[Co+2]. The van der Waals surface area contributed by atoms with Crippen molar-refractivity contribution in [3.63, 3.8) is 0 Å². The number of aromatic nitrogens is 1. The van der Waals surface area contributed by atoms with Crippen LogP contribution in [-0.4, -0.2) is 17.4 Å². The van der Waals surface area contributed by atoms with Gasteiger partial charge in [-0.3, -0.25) is 9.98 Å². The average Bonchev–Trinajstić information content (AvgIpc) is 2.60. The van der Waals surface area contributed by atoms with Gasteiger partial charge in [0.05, 0.1) is 35.2 Å². The van der Waals surface area contributed by atoms with Crippen LogP contribution in [0.1, 0.15) is 39.2 Å². The fraction of sp³-hybridized carbons (Fsp3) is 0.208. The van der Waals surface area contributed by atoms with E-state index in [0.717, 1.165) is 50.6 Å². The quantitative estimate of drug-likeness (QED) is 0.485. The second kappa shape index (κ2) is 12.7. The van der Waals surface area contributed by atoms with Gasteiger partial charge < -0.3 is 24.8 Å². The third-order valence-electron chi connectivity index (χ3n) is 4.54. The van der Waals surface area contributed by atoms with Crippen molar-refractivity contribution in [3.05, 3.63) is 87.7 Å². The minimum absolute atomic E-state index is 0. The molecule has 2 aromatic carbocycles. The molecular weight excluding hydrogens is 460 g/mol. The van der Waals surface area contributed by atoms with Crippen molar-refractivity contribution >= 4 is 23.8 Å². The van der Waals surface area contributed by atoms with Gasteiger partial charge in [0.1, 0.15) is 0 Å². The fourth-order valence-corrected chi connectivity index (χ4v) is 3.13. The Morgan fingerprint density at radius 1 is 0.633 bits per heavy atom. The van der Waals surface area contributed by atoms with Gasteiger partial charge in [0, 0.05) is 0 Å². The number of pyridine rings is 1. The number of rotatable bonds is 4. The minimum Gasteiger partial charge on any atom is -1.00 e. The molecule has 0 saturated heterocycles. The number of benzene rings is 2. The number of aryl methyl sites for hydroxylation is 5. The first-order valence-corrected chi connectivity index (χ1v) is 9.13. The summed E-state index contributed by atoms with van der Waals surface area (Å²) in [5.41, 5.74) is 9.47. The topological polar surface area (TPSA) is 37.6 Å². The molecule has 1 aromatic heterocycles. The number of aliphatic imine (C=N–C) groups is 2. The van der Waals surface area contributed by atoms with Crippen molar-refractivity contribution in [2.45, 2.75) is 34.6 Å². The summed E-state index contributed by atoms with van der Waals surface area (Å²) >= 11 is 0. The van der Waals surface area contributed by atoms with E-state index in [-0.39, 0.29) is 41.6 Å². The average molecular weight is 485 g/mol. The second-order valence-electron chi connectivity index (χ2n) is 6.99. The molecule has 0 aliphatic rings. The fourth-order valence-electron chi connectivity index (χ4n) is 3.13. The van der Waals surface area contributed by atoms with E-state index in [2.05, 4.69) is 86.0 Å². The maximum atomic E-state index is 4.68. The number of para-hydroxylation sites is 2. The molecule has 0 amide bonds. The summed E-state index contributed by atoms with van der Waals surface area (Å²) in [7, 11) is 0. The third kappa shape index (κ3) is 7.06. The first kappa shape index (κ1) is 28.0. The van der Waals surface area contributed by atoms with Crippen LogP contribution in [0.5, 0.6) is 0 Å². The van der Waals surface area contributed by atoms with Crippen LogP contribution < -0.4 is 24.8 Å². The van der Waals surface area contributed by atoms with Gasteiger partial charge in [-0.25, -0.2) is 4.98 Å². The predicted molar refractivity (Wildman–Crippen MR) is 115 cm³/mol. The first-order valence-electron chi connectivity index (χ1n) is 9.13. The number of nitrogens with zero attached hydrogens (tertiary/aromatic N) is 3. The number of halogens is 2. The van der Waals surface area contributed by atoms with Crippen molar-refractivity contribution in [2.24, 2.45) is 9.98 Å². The summed E-state index contributed by atoms with van der Waals surface area (Å²) in [4.78, 5) is 14.0. The molecule has 3 nitrogen and oxygen atoms in total. The Morgan fingerprint density at radius 2 is 0.967 bits per heavy atom. The Bertz CT molecular complexity index is 926. The number of hydrogen-bond acceptors (Lipinski definition) is 3. The van der Waals surface area contributed by atoms with Crippen LogP contribution in [0.25, 0.3) is 0 Å². The monoisotopic (exact) mass is 484 g/mol. The normalized spacial score (nSPS) is 10.4. The summed E-state index contributed by atoms with van der Waals surface area (Å²) in [6.07, 6.45) is 3.66. The van der Waals surface area contributed by atoms with Gasteiger partial charge in [-0.1, -0.05) is 36.4 Å². The van der Waals surface area contributed by atoms with Gasteiger partial charge in [-0.2, -0.15) is 0 Å². The summed E-state index contributed by atoms with van der Waals surface area (Å²) in [5.74, 6) is 0. The van der Waals surface area contributed by atoms with Crippen LogP contribution in [0.3, 0.4) is 0 Å². The van der Waals surface area contributed by atoms with E-state index in [1.54, 1.807) is 0 Å². The van der Waals surface area contributed by atoms with Crippen LogP contribution in [0.15, 0.2) is 58.5 Å². The van der Waals surface area contributed by atoms with E-state index >= 15 is 0 Å². The summed E-state index contributed by atoms with van der Waals surface area (Å²) in [6.45, 7) is 10.4. The van der Waals surface area contributed by atoms with E-state index < -0.39 is 0 Å². The Morgan fingerprint density at radius 3 is 1.30 bits per heavy atom. The molecule has 159 valence electrons. The largest absolute Gasteiger partial charge is 2.00 e. The maximum absolute atomic E-state index is 4.68. The van der Waals surface area contributed by atoms with E-state index in [9.17, 15) is 0 Å². The van der Waals surface area contributed by atoms with Gasteiger partial charge in [-0.05, 0) is 74.6 Å². The molecule has 0 fully saturated rings. The van der Waals surface area contributed by atoms with Crippen LogP contribution in [0.2, 0.25) is 0 Å².